The van der Waals surface area contributed by atoms with E-state index >= 15 is 0 Å². The molecule has 1 aliphatic rings. The topological polar surface area (TPSA) is 116 Å². The lowest BCUT2D eigenvalue weighted by Gasteiger charge is -2.23. The Hall–Kier alpha value is -4.03. The van der Waals surface area contributed by atoms with Crippen LogP contribution < -0.4 is 0 Å². The summed E-state index contributed by atoms with van der Waals surface area (Å²) in [5.41, 5.74) is 0.703. The maximum Gasteiger partial charge on any atom is 0.338 e. The van der Waals surface area contributed by atoms with Crippen LogP contribution >= 0.6 is 0 Å². The molecule has 1 fully saturated rings. The van der Waals surface area contributed by atoms with Gasteiger partial charge in [-0.25, -0.2) is 19.3 Å². The highest BCUT2D eigenvalue weighted by Gasteiger charge is 2.45. The highest BCUT2D eigenvalue weighted by atomic mass is 16.6. The van der Waals surface area contributed by atoms with Gasteiger partial charge in [0.05, 0.1) is 17.7 Å². The number of nitrogens with zero attached hydrogens (tertiary/aromatic N) is 4. The maximum atomic E-state index is 12.6. The van der Waals surface area contributed by atoms with Crippen molar-refractivity contribution in [2.75, 3.05) is 6.61 Å². The number of hydrogen-bond acceptors (Lipinski definition) is 8. The molecule has 30 heavy (non-hydrogen) atoms. The molecule has 0 saturated carbocycles. The molecule has 0 radical (unpaired) electrons. The Morgan fingerprint density at radius 2 is 1.60 bits per heavy atom. The molecule has 0 bridgehead atoms. The summed E-state index contributed by atoms with van der Waals surface area (Å²) in [4.78, 5) is 29.0. The second kappa shape index (κ2) is 8.55. The van der Waals surface area contributed by atoms with Crippen LogP contribution in [-0.4, -0.2) is 45.5 Å². The molecular weight excluding hydrogens is 388 g/mol. The minimum Gasteiger partial charge on any atom is -0.452 e. The summed E-state index contributed by atoms with van der Waals surface area (Å²) in [6.45, 7) is -0.0161. The molecule has 2 aromatic carbocycles. The van der Waals surface area contributed by atoms with E-state index in [0.717, 1.165) is 0 Å². The van der Waals surface area contributed by atoms with Crippen molar-refractivity contribution in [3.05, 3.63) is 83.9 Å². The van der Waals surface area contributed by atoms with Gasteiger partial charge in [0.1, 0.15) is 12.4 Å². The summed E-state index contributed by atoms with van der Waals surface area (Å²) in [5, 5.41) is 13.0. The first-order valence-electron chi connectivity index (χ1n) is 9.10. The molecule has 2 heterocycles. The van der Waals surface area contributed by atoms with Crippen molar-refractivity contribution in [1.29, 1.82) is 5.26 Å². The maximum absolute atomic E-state index is 12.6. The fourth-order valence-corrected chi connectivity index (χ4v) is 3.02. The molecule has 3 aromatic rings. The summed E-state index contributed by atoms with van der Waals surface area (Å²) in [6, 6.07) is 18.7. The lowest BCUT2D eigenvalue weighted by Crippen LogP contribution is -2.37. The first-order chi connectivity index (χ1) is 14.7. The average molecular weight is 404 g/mol. The number of hydrogen-bond donors (Lipinski definition) is 0. The highest BCUT2D eigenvalue weighted by Crippen LogP contribution is 2.30. The zero-order chi connectivity index (χ0) is 20.9. The SMILES string of the molecule is N#Cc1ncn([C@@H]2OC[C@@H](OC(=O)c3ccccc3)[C@H]2OC(=O)c2ccccc2)n1. The number of rotatable bonds is 5. The number of nitriles is 1. The first-order valence-corrected chi connectivity index (χ1v) is 9.10. The molecular formula is C21H16N4O5. The summed E-state index contributed by atoms with van der Waals surface area (Å²) < 4.78 is 18.2. The van der Waals surface area contributed by atoms with Crippen LogP contribution in [0.1, 0.15) is 32.8 Å². The number of aromatic nitrogens is 3. The molecule has 0 amide bonds. The molecule has 0 aliphatic carbocycles. The van der Waals surface area contributed by atoms with Gasteiger partial charge >= 0.3 is 11.9 Å². The molecule has 1 aliphatic heterocycles. The average Bonchev–Trinajstić information content (AvgIpc) is 3.42. The van der Waals surface area contributed by atoms with Crippen LogP contribution in [-0.2, 0) is 14.2 Å². The van der Waals surface area contributed by atoms with E-state index in [1.165, 1.54) is 11.0 Å². The van der Waals surface area contributed by atoms with Gasteiger partial charge in [0.15, 0.2) is 18.4 Å². The van der Waals surface area contributed by atoms with Crippen LogP contribution in [0.5, 0.6) is 0 Å². The number of carbonyl (C=O) groups excluding carboxylic acids is 2. The van der Waals surface area contributed by atoms with Gasteiger partial charge in [0.2, 0.25) is 0 Å². The molecule has 1 saturated heterocycles. The Morgan fingerprint density at radius 1 is 1.00 bits per heavy atom. The van der Waals surface area contributed by atoms with Crippen molar-refractivity contribution in [3.63, 3.8) is 0 Å². The van der Waals surface area contributed by atoms with Gasteiger partial charge in [0, 0.05) is 0 Å². The predicted octanol–water partition coefficient (Wildman–Crippen LogP) is 2.13. The summed E-state index contributed by atoms with van der Waals surface area (Å²) >= 11 is 0. The Balaban J connectivity index is 1.57. The van der Waals surface area contributed by atoms with Crippen LogP contribution in [0.3, 0.4) is 0 Å². The Labute approximate surface area is 171 Å². The molecule has 0 spiro atoms. The van der Waals surface area contributed by atoms with Crippen molar-refractivity contribution in [2.45, 2.75) is 18.4 Å². The van der Waals surface area contributed by atoms with Gasteiger partial charge in [-0.05, 0) is 24.3 Å². The van der Waals surface area contributed by atoms with Gasteiger partial charge in [-0.3, -0.25) is 0 Å². The van der Waals surface area contributed by atoms with E-state index in [-0.39, 0.29) is 12.4 Å². The van der Waals surface area contributed by atoms with Gasteiger partial charge in [-0.1, -0.05) is 36.4 Å². The van der Waals surface area contributed by atoms with Crippen LogP contribution in [0.2, 0.25) is 0 Å². The van der Waals surface area contributed by atoms with E-state index in [1.807, 2.05) is 6.07 Å². The highest BCUT2D eigenvalue weighted by molar-refractivity contribution is 5.90. The van der Waals surface area contributed by atoms with E-state index in [0.29, 0.717) is 11.1 Å². The predicted molar refractivity (Wildman–Crippen MR) is 101 cm³/mol. The number of ether oxygens (including phenoxy) is 3. The smallest absolute Gasteiger partial charge is 0.338 e. The minimum absolute atomic E-state index is 0.0161. The number of esters is 2. The summed E-state index contributed by atoms with van der Waals surface area (Å²) in [6.07, 6.45) is -1.46. The normalized spacial score (nSPS) is 20.3. The largest absolute Gasteiger partial charge is 0.452 e. The van der Waals surface area contributed by atoms with Crippen LogP contribution in [0.15, 0.2) is 67.0 Å². The molecule has 0 unspecified atom stereocenters. The third-order valence-electron chi connectivity index (χ3n) is 4.47. The Bertz CT molecular complexity index is 1080. The van der Waals surface area contributed by atoms with E-state index in [2.05, 4.69) is 10.1 Å². The Morgan fingerprint density at radius 3 is 2.17 bits per heavy atom. The third kappa shape index (κ3) is 4.04. The lowest BCUT2D eigenvalue weighted by atomic mass is 10.2. The minimum atomic E-state index is -0.987. The van der Waals surface area contributed by atoms with Crippen molar-refractivity contribution in [3.8, 4) is 6.07 Å². The van der Waals surface area contributed by atoms with Crippen LogP contribution in [0, 0.1) is 11.3 Å². The van der Waals surface area contributed by atoms with E-state index in [1.54, 1.807) is 60.7 Å². The van der Waals surface area contributed by atoms with Crippen molar-refractivity contribution >= 4 is 11.9 Å². The van der Waals surface area contributed by atoms with Crippen molar-refractivity contribution in [1.82, 2.24) is 14.8 Å². The summed E-state index contributed by atoms with van der Waals surface area (Å²) in [7, 11) is 0. The van der Waals surface area contributed by atoms with Crippen LogP contribution in [0.25, 0.3) is 0 Å². The molecule has 3 atom stereocenters. The third-order valence-corrected chi connectivity index (χ3v) is 4.47. The standard InChI is InChI=1S/C21H16N4O5/c22-11-17-23-13-25(24-17)19-18(30-21(27)15-9-5-2-6-10-15)16(12-28-19)29-20(26)14-7-3-1-4-8-14/h1-10,13,16,18-19H,12H2/t16-,18-,19-/m1/s1. The fourth-order valence-electron chi connectivity index (χ4n) is 3.02. The zero-order valence-electron chi connectivity index (χ0n) is 15.6. The van der Waals surface area contributed by atoms with Crippen LogP contribution in [0.4, 0.5) is 0 Å². The van der Waals surface area contributed by atoms with Crippen molar-refractivity contribution in [2.24, 2.45) is 0 Å². The Kier molecular flexibility index (Phi) is 5.50. The quantitative estimate of drug-likeness (QED) is 0.594. The number of benzene rings is 2. The van der Waals surface area contributed by atoms with Gasteiger partial charge in [-0.2, -0.15) is 5.26 Å². The molecule has 1 aromatic heterocycles. The van der Waals surface area contributed by atoms with E-state index in [9.17, 15) is 9.59 Å². The van der Waals surface area contributed by atoms with Gasteiger partial charge in [-0.15, -0.1) is 5.10 Å². The monoisotopic (exact) mass is 404 g/mol. The summed E-state index contributed by atoms with van der Waals surface area (Å²) in [5.74, 6) is -1.23. The van der Waals surface area contributed by atoms with Gasteiger partial charge < -0.3 is 14.2 Å². The van der Waals surface area contributed by atoms with Gasteiger partial charge in [0.25, 0.3) is 5.82 Å². The number of carbonyl (C=O) groups is 2. The molecule has 4 rings (SSSR count). The first kappa shape index (κ1) is 19.3. The second-order valence-electron chi connectivity index (χ2n) is 6.43. The molecule has 0 N–H and O–H groups in total. The lowest BCUT2D eigenvalue weighted by molar-refractivity contribution is -0.0511. The second-order valence-corrected chi connectivity index (χ2v) is 6.43. The zero-order valence-corrected chi connectivity index (χ0v) is 15.6. The van der Waals surface area contributed by atoms with E-state index < -0.39 is 30.4 Å². The fraction of sp³-hybridized carbons (Fsp3) is 0.190. The molecule has 9 heteroatoms. The van der Waals surface area contributed by atoms with E-state index in [4.69, 9.17) is 19.5 Å². The molecule has 9 nitrogen and oxygen atoms in total. The molecule has 150 valence electrons. The van der Waals surface area contributed by atoms with Crippen molar-refractivity contribution < 1.29 is 23.8 Å².